The maximum atomic E-state index is 11.9. The van der Waals surface area contributed by atoms with Crippen LogP contribution in [0.2, 0.25) is 0 Å². The Morgan fingerprint density at radius 3 is 2.65 bits per heavy atom. The quantitative estimate of drug-likeness (QED) is 0.752. The first-order valence-corrected chi connectivity index (χ1v) is 7.24. The highest BCUT2D eigenvalue weighted by atomic mass is 32.1. The Bertz CT molecular complexity index is 485. The van der Waals surface area contributed by atoms with Gasteiger partial charge in [-0.2, -0.15) is 0 Å². The van der Waals surface area contributed by atoms with Gasteiger partial charge in [0.2, 0.25) is 0 Å². The largest absolute Gasteiger partial charge is 0.481 e. The van der Waals surface area contributed by atoms with Crippen molar-refractivity contribution in [2.45, 2.75) is 52.1 Å². The van der Waals surface area contributed by atoms with Crippen molar-refractivity contribution in [3.63, 3.8) is 0 Å². The highest BCUT2D eigenvalue weighted by Gasteiger charge is 2.22. The molecule has 1 atom stereocenters. The maximum Gasteiger partial charge on any atom is 0.315 e. The van der Waals surface area contributed by atoms with E-state index in [1.165, 1.54) is 11.3 Å². The second kappa shape index (κ2) is 6.69. The topological polar surface area (TPSA) is 91.3 Å². The van der Waals surface area contributed by atoms with E-state index in [4.69, 9.17) is 5.11 Å². The summed E-state index contributed by atoms with van der Waals surface area (Å²) in [5.41, 5.74) is -0.568. The van der Waals surface area contributed by atoms with Gasteiger partial charge < -0.3 is 15.7 Å². The fourth-order valence-corrected chi connectivity index (χ4v) is 2.43. The Hall–Kier alpha value is -1.63. The first kappa shape index (κ1) is 16.4. The molecular weight excluding hydrogens is 278 g/mol. The highest BCUT2D eigenvalue weighted by molar-refractivity contribution is 7.11. The molecule has 0 aliphatic heterocycles. The van der Waals surface area contributed by atoms with Crippen molar-refractivity contribution in [3.8, 4) is 0 Å². The number of urea groups is 1. The summed E-state index contributed by atoms with van der Waals surface area (Å²) in [4.78, 5) is 27.8. The molecule has 20 heavy (non-hydrogen) atoms. The molecule has 1 aromatic heterocycles. The Morgan fingerprint density at radius 1 is 1.50 bits per heavy atom. The number of aliphatic carboxylic acids is 1. The number of hydrogen-bond donors (Lipinski definition) is 3. The molecule has 3 N–H and O–H groups in total. The number of rotatable bonds is 6. The Balaban J connectivity index is 2.48. The molecular formula is C13H21N3O3S. The van der Waals surface area contributed by atoms with E-state index in [0.717, 1.165) is 9.88 Å². The highest BCUT2D eigenvalue weighted by Crippen LogP contribution is 2.19. The van der Waals surface area contributed by atoms with E-state index < -0.39 is 11.5 Å². The minimum atomic E-state index is -0.869. The second-order valence-electron chi connectivity index (χ2n) is 5.41. The van der Waals surface area contributed by atoms with Crippen molar-refractivity contribution in [1.82, 2.24) is 15.6 Å². The molecule has 0 spiro atoms. The van der Waals surface area contributed by atoms with Crippen molar-refractivity contribution in [3.05, 3.63) is 16.1 Å². The van der Waals surface area contributed by atoms with Gasteiger partial charge in [-0.05, 0) is 34.1 Å². The lowest BCUT2D eigenvalue weighted by molar-refractivity contribution is -0.137. The van der Waals surface area contributed by atoms with Crippen molar-refractivity contribution < 1.29 is 14.7 Å². The van der Waals surface area contributed by atoms with Crippen LogP contribution < -0.4 is 10.6 Å². The molecule has 0 aliphatic rings. The van der Waals surface area contributed by atoms with Crippen molar-refractivity contribution in [1.29, 1.82) is 0 Å². The number of carboxylic acid groups (broad SMARTS) is 1. The molecule has 0 saturated carbocycles. The van der Waals surface area contributed by atoms with Gasteiger partial charge in [-0.3, -0.25) is 4.79 Å². The summed E-state index contributed by atoms with van der Waals surface area (Å²) in [5.74, 6) is -0.869. The van der Waals surface area contributed by atoms with Gasteiger partial charge in [0.05, 0.1) is 6.04 Å². The molecule has 0 fully saturated rings. The summed E-state index contributed by atoms with van der Waals surface area (Å²) in [7, 11) is 0. The van der Waals surface area contributed by atoms with Gasteiger partial charge >= 0.3 is 12.0 Å². The average Bonchev–Trinajstić information content (AvgIpc) is 2.72. The molecule has 0 radical (unpaired) electrons. The number of carbonyl (C=O) groups excluding carboxylic acids is 1. The minimum Gasteiger partial charge on any atom is -0.481 e. The zero-order chi connectivity index (χ0) is 15.3. The van der Waals surface area contributed by atoms with E-state index in [0.29, 0.717) is 6.42 Å². The SMILES string of the molecule is Cc1cnc(C(C)NC(=O)NC(C)(C)CCC(=O)O)s1. The standard InChI is InChI=1S/C13H21N3O3S/c1-8-7-14-11(20-8)9(2)15-12(19)16-13(3,4)6-5-10(17)18/h7,9H,5-6H2,1-4H3,(H,17,18)(H2,15,16,19). The third kappa shape index (κ3) is 5.56. The van der Waals surface area contributed by atoms with Crippen LogP contribution >= 0.6 is 11.3 Å². The fraction of sp³-hybridized carbons (Fsp3) is 0.615. The van der Waals surface area contributed by atoms with E-state index in [2.05, 4.69) is 15.6 Å². The summed E-state index contributed by atoms with van der Waals surface area (Å²) in [5, 5.41) is 15.1. The van der Waals surface area contributed by atoms with Gasteiger partial charge in [-0.25, -0.2) is 9.78 Å². The molecule has 0 aromatic carbocycles. The number of hydrogen-bond acceptors (Lipinski definition) is 4. The molecule has 2 amide bonds. The van der Waals surface area contributed by atoms with Crippen LogP contribution in [0.3, 0.4) is 0 Å². The number of nitrogens with zero attached hydrogens (tertiary/aromatic N) is 1. The van der Waals surface area contributed by atoms with Crippen LogP contribution in [0, 0.1) is 6.92 Å². The van der Waals surface area contributed by atoms with E-state index in [9.17, 15) is 9.59 Å². The third-order valence-electron chi connectivity index (χ3n) is 2.77. The summed E-state index contributed by atoms with van der Waals surface area (Å²) >= 11 is 1.54. The first-order chi connectivity index (χ1) is 9.19. The summed E-state index contributed by atoms with van der Waals surface area (Å²) < 4.78 is 0. The van der Waals surface area contributed by atoms with Crippen LogP contribution in [0.1, 0.15) is 49.5 Å². The third-order valence-corrected chi connectivity index (χ3v) is 3.87. The predicted octanol–water partition coefficient (Wildman–Crippen LogP) is 2.46. The maximum absolute atomic E-state index is 11.9. The molecule has 0 bridgehead atoms. The number of nitrogens with one attached hydrogen (secondary N) is 2. The minimum absolute atomic E-state index is 0.0223. The average molecular weight is 299 g/mol. The number of carbonyl (C=O) groups is 2. The normalized spacial score (nSPS) is 12.8. The predicted molar refractivity (Wildman–Crippen MR) is 77.9 cm³/mol. The van der Waals surface area contributed by atoms with Gasteiger partial charge in [-0.1, -0.05) is 0 Å². The molecule has 0 aliphatic carbocycles. The van der Waals surface area contributed by atoms with Crippen molar-refractivity contribution in [2.24, 2.45) is 0 Å². The van der Waals surface area contributed by atoms with Gasteiger partial charge in [-0.15, -0.1) is 11.3 Å². The lowest BCUT2D eigenvalue weighted by Crippen LogP contribution is -2.49. The molecule has 1 unspecified atom stereocenters. The number of thiazole rings is 1. The second-order valence-corrected chi connectivity index (χ2v) is 6.67. The molecule has 6 nitrogen and oxygen atoms in total. The van der Waals surface area contributed by atoms with Crippen molar-refractivity contribution >= 4 is 23.3 Å². The van der Waals surface area contributed by atoms with Crippen LogP contribution in [-0.4, -0.2) is 27.6 Å². The Morgan fingerprint density at radius 2 is 2.15 bits per heavy atom. The molecule has 7 heteroatoms. The van der Waals surface area contributed by atoms with E-state index in [-0.39, 0.29) is 18.5 Å². The van der Waals surface area contributed by atoms with Gasteiger partial charge in [0, 0.05) is 23.0 Å². The monoisotopic (exact) mass is 299 g/mol. The molecule has 112 valence electrons. The number of amides is 2. The van der Waals surface area contributed by atoms with Gasteiger partial charge in [0.25, 0.3) is 0 Å². The van der Waals surface area contributed by atoms with Crippen LogP contribution in [0.25, 0.3) is 0 Å². The molecule has 1 heterocycles. The smallest absolute Gasteiger partial charge is 0.315 e. The van der Waals surface area contributed by atoms with Gasteiger partial charge in [0.15, 0.2) is 0 Å². The molecule has 1 aromatic rings. The number of carboxylic acids is 1. The van der Waals surface area contributed by atoms with Crippen LogP contribution in [0.5, 0.6) is 0 Å². The lowest BCUT2D eigenvalue weighted by Gasteiger charge is -2.26. The summed E-state index contributed by atoms with van der Waals surface area (Å²) in [6, 6.07) is -0.496. The summed E-state index contributed by atoms with van der Waals surface area (Å²) in [6.07, 6.45) is 2.17. The van der Waals surface area contributed by atoms with Crippen LogP contribution in [0.15, 0.2) is 6.20 Å². The first-order valence-electron chi connectivity index (χ1n) is 6.42. The van der Waals surface area contributed by atoms with Crippen molar-refractivity contribution in [2.75, 3.05) is 0 Å². The van der Waals surface area contributed by atoms with E-state index in [1.807, 2.05) is 13.8 Å². The van der Waals surface area contributed by atoms with E-state index >= 15 is 0 Å². The number of aryl methyl sites for hydroxylation is 1. The summed E-state index contributed by atoms with van der Waals surface area (Å²) in [6.45, 7) is 7.42. The lowest BCUT2D eigenvalue weighted by atomic mass is 9.99. The Labute approximate surface area is 122 Å². The van der Waals surface area contributed by atoms with Crippen LogP contribution in [-0.2, 0) is 4.79 Å². The fourth-order valence-electron chi connectivity index (χ4n) is 1.66. The van der Waals surface area contributed by atoms with Crippen LogP contribution in [0.4, 0.5) is 4.79 Å². The molecule has 0 saturated heterocycles. The number of aromatic nitrogens is 1. The zero-order valence-corrected chi connectivity index (χ0v) is 13.0. The van der Waals surface area contributed by atoms with E-state index in [1.54, 1.807) is 20.0 Å². The van der Waals surface area contributed by atoms with Gasteiger partial charge in [0.1, 0.15) is 5.01 Å². The molecule has 1 rings (SSSR count). The zero-order valence-electron chi connectivity index (χ0n) is 12.2. The Kier molecular flexibility index (Phi) is 5.50.